The summed E-state index contributed by atoms with van der Waals surface area (Å²) in [4.78, 5) is 32.8. The second kappa shape index (κ2) is 6.93. The molecular formula is C21H23N3O2S. The van der Waals surface area contributed by atoms with Gasteiger partial charge in [0.05, 0.1) is 5.39 Å². The highest BCUT2D eigenvalue weighted by atomic mass is 32.1. The van der Waals surface area contributed by atoms with Crippen molar-refractivity contribution in [3.63, 3.8) is 0 Å². The molecule has 0 spiro atoms. The maximum Gasteiger partial charge on any atom is 0.263 e. The minimum atomic E-state index is -0.630. The first-order valence-electron chi connectivity index (χ1n) is 9.36. The Morgan fingerprint density at radius 1 is 1.19 bits per heavy atom. The lowest BCUT2D eigenvalue weighted by molar-refractivity contribution is -0.118. The summed E-state index contributed by atoms with van der Waals surface area (Å²) in [7, 11) is 0. The zero-order valence-corrected chi connectivity index (χ0v) is 16.7. The van der Waals surface area contributed by atoms with Crippen LogP contribution in [0.1, 0.15) is 47.6 Å². The van der Waals surface area contributed by atoms with Crippen LogP contribution in [0, 0.1) is 13.8 Å². The highest BCUT2D eigenvalue weighted by Gasteiger charge is 2.25. The van der Waals surface area contributed by atoms with Gasteiger partial charge in [-0.15, -0.1) is 11.3 Å². The van der Waals surface area contributed by atoms with E-state index in [-0.39, 0.29) is 11.5 Å². The minimum Gasteiger partial charge on any atom is -0.324 e. The third kappa shape index (κ3) is 3.18. The number of hydrogen-bond donors (Lipinski definition) is 1. The number of nitrogens with zero attached hydrogens (tertiary/aromatic N) is 2. The molecule has 140 valence electrons. The van der Waals surface area contributed by atoms with Crippen molar-refractivity contribution in [1.82, 2.24) is 9.55 Å². The number of nitrogens with one attached hydrogen (secondary N) is 1. The lowest BCUT2D eigenvalue weighted by atomic mass is 9.97. The summed E-state index contributed by atoms with van der Waals surface area (Å²) in [5.74, 6) is 0.368. The molecule has 1 aliphatic rings. The van der Waals surface area contributed by atoms with Crippen molar-refractivity contribution in [1.29, 1.82) is 0 Å². The van der Waals surface area contributed by atoms with Gasteiger partial charge in [0.1, 0.15) is 16.7 Å². The van der Waals surface area contributed by atoms with Gasteiger partial charge in [-0.3, -0.25) is 14.2 Å². The highest BCUT2D eigenvalue weighted by Crippen LogP contribution is 2.34. The normalized spacial score (nSPS) is 14.8. The second-order valence-corrected chi connectivity index (χ2v) is 8.34. The van der Waals surface area contributed by atoms with Crippen LogP contribution in [-0.2, 0) is 17.6 Å². The van der Waals surface area contributed by atoms with Gasteiger partial charge in [-0.1, -0.05) is 17.7 Å². The maximum absolute atomic E-state index is 13.3. The number of aryl methyl sites for hydroxylation is 4. The summed E-state index contributed by atoms with van der Waals surface area (Å²) in [6.45, 7) is 5.55. The average molecular weight is 382 g/mol. The maximum atomic E-state index is 13.3. The van der Waals surface area contributed by atoms with Gasteiger partial charge < -0.3 is 5.32 Å². The van der Waals surface area contributed by atoms with Crippen molar-refractivity contribution in [2.24, 2.45) is 0 Å². The number of amides is 1. The molecule has 6 heteroatoms. The Balaban J connectivity index is 1.72. The standard InChI is InChI=1S/C21H23N3O2S/c1-12-8-10-15(11-9-12)23-19(25)13(2)24-14(3)22-20-18(21(24)26)16-6-4-5-7-17(16)27-20/h8-11,13H,4-7H2,1-3H3,(H,23,25). The number of anilines is 1. The summed E-state index contributed by atoms with van der Waals surface area (Å²) < 4.78 is 1.54. The molecule has 0 bridgehead atoms. The summed E-state index contributed by atoms with van der Waals surface area (Å²) in [6.07, 6.45) is 4.23. The van der Waals surface area contributed by atoms with Gasteiger partial charge in [-0.2, -0.15) is 0 Å². The number of carbonyl (C=O) groups is 1. The third-order valence-electron chi connectivity index (χ3n) is 5.28. The Labute approximate surface area is 162 Å². The van der Waals surface area contributed by atoms with Crippen molar-refractivity contribution in [3.8, 4) is 0 Å². The van der Waals surface area contributed by atoms with Crippen molar-refractivity contribution in [3.05, 3.63) is 56.4 Å². The van der Waals surface area contributed by atoms with E-state index in [1.807, 2.05) is 31.2 Å². The molecule has 2 aromatic heterocycles. The van der Waals surface area contributed by atoms with Crippen molar-refractivity contribution >= 4 is 33.1 Å². The van der Waals surface area contributed by atoms with Crippen LogP contribution in [0.3, 0.4) is 0 Å². The molecule has 1 amide bonds. The van der Waals surface area contributed by atoms with E-state index in [0.717, 1.165) is 46.3 Å². The predicted octanol–water partition coefficient (Wildman–Crippen LogP) is 4.15. The first kappa shape index (κ1) is 17.9. The molecule has 1 unspecified atom stereocenters. The van der Waals surface area contributed by atoms with Crippen LogP contribution in [0.25, 0.3) is 10.2 Å². The fraction of sp³-hybridized carbons (Fsp3) is 0.381. The lowest BCUT2D eigenvalue weighted by Gasteiger charge is -2.18. The largest absolute Gasteiger partial charge is 0.324 e. The zero-order chi connectivity index (χ0) is 19.1. The molecule has 0 fully saturated rings. The molecule has 0 saturated heterocycles. The highest BCUT2D eigenvalue weighted by molar-refractivity contribution is 7.18. The van der Waals surface area contributed by atoms with Crippen LogP contribution < -0.4 is 10.9 Å². The fourth-order valence-electron chi connectivity index (χ4n) is 3.78. The van der Waals surface area contributed by atoms with Crippen LogP contribution in [0.2, 0.25) is 0 Å². The Morgan fingerprint density at radius 3 is 2.63 bits per heavy atom. The fourth-order valence-corrected chi connectivity index (χ4v) is 5.07. The monoisotopic (exact) mass is 381 g/mol. The van der Waals surface area contributed by atoms with E-state index >= 15 is 0 Å². The van der Waals surface area contributed by atoms with Gasteiger partial charge >= 0.3 is 0 Å². The third-order valence-corrected chi connectivity index (χ3v) is 6.47. The summed E-state index contributed by atoms with van der Waals surface area (Å²) >= 11 is 1.64. The predicted molar refractivity (Wildman–Crippen MR) is 110 cm³/mol. The van der Waals surface area contributed by atoms with Crippen molar-refractivity contribution < 1.29 is 4.79 Å². The molecule has 0 saturated carbocycles. The van der Waals surface area contributed by atoms with Crippen LogP contribution in [0.5, 0.6) is 0 Å². The minimum absolute atomic E-state index is 0.0940. The van der Waals surface area contributed by atoms with E-state index in [4.69, 9.17) is 0 Å². The number of benzene rings is 1. The molecule has 2 heterocycles. The van der Waals surface area contributed by atoms with Gasteiger partial charge in [-0.05, 0) is 64.2 Å². The molecule has 0 aliphatic heterocycles. The van der Waals surface area contributed by atoms with E-state index in [1.54, 1.807) is 25.2 Å². The molecule has 0 radical (unpaired) electrons. The first-order chi connectivity index (χ1) is 13.0. The summed E-state index contributed by atoms with van der Waals surface area (Å²) in [5, 5.41) is 3.62. The second-order valence-electron chi connectivity index (χ2n) is 7.26. The van der Waals surface area contributed by atoms with Crippen LogP contribution in [0.4, 0.5) is 5.69 Å². The lowest BCUT2D eigenvalue weighted by Crippen LogP contribution is -2.34. The topological polar surface area (TPSA) is 64.0 Å². The molecule has 1 aliphatic carbocycles. The van der Waals surface area contributed by atoms with E-state index < -0.39 is 6.04 Å². The molecular weight excluding hydrogens is 358 g/mol. The van der Waals surface area contributed by atoms with E-state index in [0.29, 0.717) is 5.82 Å². The summed E-state index contributed by atoms with van der Waals surface area (Å²) in [5.41, 5.74) is 2.91. The molecule has 4 rings (SSSR count). The molecule has 3 aromatic rings. The van der Waals surface area contributed by atoms with E-state index in [2.05, 4.69) is 10.3 Å². The Morgan fingerprint density at radius 2 is 1.89 bits per heavy atom. The number of aromatic nitrogens is 2. The zero-order valence-electron chi connectivity index (χ0n) is 15.8. The Kier molecular flexibility index (Phi) is 4.60. The average Bonchev–Trinajstić information content (AvgIpc) is 3.01. The number of thiophene rings is 1. The van der Waals surface area contributed by atoms with Crippen LogP contribution in [0.15, 0.2) is 29.1 Å². The van der Waals surface area contributed by atoms with Crippen LogP contribution >= 0.6 is 11.3 Å². The smallest absolute Gasteiger partial charge is 0.263 e. The van der Waals surface area contributed by atoms with Gasteiger partial charge in [0, 0.05) is 10.6 Å². The van der Waals surface area contributed by atoms with Gasteiger partial charge in [0.2, 0.25) is 5.91 Å². The van der Waals surface area contributed by atoms with Gasteiger partial charge in [0.15, 0.2) is 0 Å². The van der Waals surface area contributed by atoms with Crippen LogP contribution in [-0.4, -0.2) is 15.5 Å². The molecule has 1 aromatic carbocycles. The number of fused-ring (bicyclic) bond motifs is 3. The first-order valence-corrected chi connectivity index (χ1v) is 10.2. The molecule has 27 heavy (non-hydrogen) atoms. The number of hydrogen-bond acceptors (Lipinski definition) is 4. The van der Waals surface area contributed by atoms with Crippen molar-refractivity contribution in [2.45, 2.75) is 52.5 Å². The van der Waals surface area contributed by atoms with Gasteiger partial charge in [-0.25, -0.2) is 4.98 Å². The molecule has 1 atom stereocenters. The molecule has 1 N–H and O–H groups in total. The van der Waals surface area contributed by atoms with Crippen molar-refractivity contribution in [2.75, 3.05) is 5.32 Å². The Hall–Kier alpha value is -2.47. The SMILES string of the molecule is Cc1ccc(NC(=O)C(C)n2c(C)nc3sc4c(c3c2=O)CCCC4)cc1. The number of rotatable bonds is 3. The molecule has 5 nitrogen and oxygen atoms in total. The number of carbonyl (C=O) groups excluding carboxylic acids is 1. The summed E-state index contributed by atoms with van der Waals surface area (Å²) in [6, 6.07) is 7.00. The quantitative estimate of drug-likeness (QED) is 0.741. The van der Waals surface area contributed by atoms with Gasteiger partial charge in [0.25, 0.3) is 5.56 Å². The van der Waals surface area contributed by atoms with E-state index in [1.165, 1.54) is 15.9 Å². The Bertz CT molecular complexity index is 1080. The van der Waals surface area contributed by atoms with E-state index in [9.17, 15) is 9.59 Å².